The second kappa shape index (κ2) is 5.99. The molecule has 1 aromatic heterocycles. The number of hydrazine groups is 1. The van der Waals surface area contributed by atoms with Crippen LogP contribution in [-0.2, 0) is 6.42 Å². The van der Waals surface area contributed by atoms with Crippen LogP contribution in [0.2, 0.25) is 0 Å². The highest BCUT2D eigenvalue weighted by Crippen LogP contribution is 2.24. The Labute approximate surface area is 120 Å². The monoisotopic (exact) mass is 321 g/mol. The Morgan fingerprint density at radius 2 is 1.95 bits per heavy atom. The molecular weight excluding hydrogens is 306 g/mol. The lowest BCUT2D eigenvalue weighted by molar-refractivity contribution is 0.941. The van der Waals surface area contributed by atoms with Gasteiger partial charge in [0.15, 0.2) is 0 Å². The molecule has 6 heteroatoms. The van der Waals surface area contributed by atoms with Crippen LogP contribution < -0.4 is 16.6 Å². The van der Waals surface area contributed by atoms with Gasteiger partial charge in [-0.05, 0) is 24.6 Å². The van der Waals surface area contributed by atoms with E-state index in [0.717, 1.165) is 33.8 Å². The lowest BCUT2D eigenvalue weighted by Gasteiger charge is -2.11. The molecule has 0 aliphatic rings. The van der Waals surface area contributed by atoms with Crippen molar-refractivity contribution in [2.24, 2.45) is 5.84 Å². The Kier molecular flexibility index (Phi) is 4.34. The first-order valence-corrected chi connectivity index (χ1v) is 6.79. The fraction of sp³-hybridized carbons (Fsp3) is 0.231. The fourth-order valence-corrected chi connectivity index (χ4v) is 2.02. The van der Waals surface area contributed by atoms with E-state index in [1.54, 1.807) is 6.07 Å². The summed E-state index contributed by atoms with van der Waals surface area (Å²) in [6.45, 7) is 4.04. The van der Waals surface area contributed by atoms with E-state index in [0.29, 0.717) is 5.82 Å². The topological polar surface area (TPSA) is 75.9 Å². The van der Waals surface area contributed by atoms with Crippen molar-refractivity contribution in [1.29, 1.82) is 0 Å². The molecule has 1 heterocycles. The molecule has 5 nitrogen and oxygen atoms in total. The lowest BCUT2D eigenvalue weighted by Crippen LogP contribution is -2.11. The number of anilines is 3. The molecule has 0 spiro atoms. The van der Waals surface area contributed by atoms with Crippen molar-refractivity contribution in [2.75, 3.05) is 10.7 Å². The average Bonchev–Trinajstić information content (AvgIpc) is 2.42. The van der Waals surface area contributed by atoms with Gasteiger partial charge in [-0.2, -0.15) is 0 Å². The highest BCUT2D eigenvalue weighted by atomic mass is 79.9. The molecule has 1 aromatic carbocycles. The maximum Gasteiger partial charge on any atom is 0.145 e. The van der Waals surface area contributed by atoms with Crippen LogP contribution in [0.25, 0.3) is 0 Å². The van der Waals surface area contributed by atoms with E-state index in [4.69, 9.17) is 5.84 Å². The number of rotatable bonds is 4. The maximum atomic E-state index is 5.41. The first-order chi connectivity index (χ1) is 9.12. The largest absolute Gasteiger partial charge is 0.340 e. The summed E-state index contributed by atoms with van der Waals surface area (Å²) in [5.41, 5.74) is 4.69. The third kappa shape index (κ3) is 3.42. The molecule has 2 aromatic rings. The third-order valence-electron chi connectivity index (χ3n) is 2.70. The summed E-state index contributed by atoms with van der Waals surface area (Å²) in [6, 6.07) is 7.83. The normalized spacial score (nSPS) is 10.3. The summed E-state index contributed by atoms with van der Waals surface area (Å²) in [5.74, 6) is 7.48. The molecule has 0 amide bonds. The van der Waals surface area contributed by atoms with Crippen LogP contribution in [0, 0.1) is 6.92 Å². The summed E-state index contributed by atoms with van der Waals surface area (Å²) >= 11 is 3.46. The Morgan fingerprint density at radius 3 is 2.63 bits per heavy atom. The van der Waals surface area contributed by atoms with Crippen LogP contribution >= 0.6 is 15.9 Å². The van der Waals surface area contributed by atoms with Gasteiger partial charge < -0.3 is 10.7 Å². The first kappa shape index (κ1) is 13.8. The van der Waals surface area contributed by atoms with Crippen molar-refractivity contribution >= 4 is 33.3 Å². The van der Waals surface area contributed by atoms with E-state index in [9.17, 15) is 0 Å². The lowest BCUT2D eigenvalue weighted by atomic mass is 10.2. The Hall–Kier alpha value is -1.66. The van der Waals surface area contributed by atoms with Crippen molar-refractivity contribution < 1.29 is 0 Å². The van der Waals surface area contributed by atoms with Crippen LogP contribution in [-0.4, -0.2) is 9.97 Å². The predicted molar refractivity (Wildman–Crippen MR) is 81.4 cm³/mol. The van der Waals surface area contributed by atoms with E-state index >= 15 is 0 Å². The van der Waals surface area contributed by atoms with Crippen LogP contribution in [0.4, 0.5) is 17.3 Å². The second-order valence-electron chi connectivity index (χ2n) is 4.14. The molecule has 4 N–H and O–H groups in total. The van der Waals surface area contributed by atoms with Crippen molar-refractivity contribution in [2.45, 2.75) is 20.3 Å². The number of hydrogen-bond donors (Lipinski definition) is 3. The van der Waals surface area contributed by atoms with Gasteiger partial charge in [0.1, 0.15) is 17.5 Å². The van der Waals surface area contributed by atoms with Crippen LogP contribution in [0.3, 0.4) is 0 Å². The van der Waals surface area contributed by atoms with E-state index in [1.165, 1.54) is 0 Å². The molecule has 19 heavy (non-hydrogen) atoms. The Balaban J connectivity index is 2.34. The molecule has 0 atom stereocenters. The fourth-order valence-electron chi connectivity index (χ4n) is 1.66. The minimum atomic E-state index is 0.599. The van der Waals surface area contributed by atoms with Crippen LogP contribution in [0.15, 0.2) is 28.7 Å². The molecule has 0 saturated carbocycles. The van der Waals surface area contributed by atoms with Crippen molar-refractivity contribution in [1.82, 2.24) is 9.97 Å². The number of halogens is 1. The number of nitrogens with one attached hydrogen (secondary N) is 2. The Morgan fingerprint density at radius 1 is 1.21 bits per heavy atom. The summed E-state index contributed by atoms with van der Waals surface area (Å²) in [4.78, 5) is 8.69. The Bertz CT molecular complexity index is 563. The molecule has 0 bridgehead atoms. The van der Waals surface area contributed by atoms with Crippen molar-refractivity contribution in [3.8, 4) is 0 Å². The number of hydrogen-bond acceptors (Lipinski definition) is 5. The maximum absolute atomic E-state index is 5.41. The van der Waals surface area contributed by atoms with E-state index < -0.39 is 0 Å². The molecule has 0 saturated heterocycles. The zero-order valence-corrected chi connectivity index (χ0v) is 12.5. The molecule has 0 aliphatic heterocycles. The number of aryl methyl sites for hydroxylation is 2. The van der Waals surface area contributed by atoms with Gasteiger partial charge in [0.05, 0.1) is 0 Å². The zero-order chi connectivity index (χ0) is 13.8. The molecule has 2 rings (SSSR count). The SMILES string of the molecule is CCc1nc(NN)cc(Nc2cc(Br)ccc2C)n1. The first-order valence-electron chi connectivity index (χ1n) is 6.00. The standard InChI is InChI=1S/C13H16BrN5/c1-3-11-17-12(7-13(18-11)19-15)16-10-6-9(14)5-4-8(10)2/h4-7H,3,15H2,1-2H3,(H2,16,17,18,19). The molecular formula is C13H16BrN5. The highest BCUT2D eigenvalue weighted by molar-refractivity contribution is 9.10. The quantitative estimate of drug-likeness (QED) is 0.595. The van der Waals surface area contributed by atoms with Gasteiger partial charge in [0.25, 0.3) is 0 Å². The third-order valence-corrected chi connectivity index (χ3v) is 3.19. The minimum absolute atomic E-state index is 0.599. The minimum Gasteiger partial charge on any atom is -0.340 e. The van der Waals surface area contributed by atoms with Gasteiger partial charge in [0, 0.05) is 22.6 Å². The molecule has 0 fully saturated rings. The van der Waals surface area contributed by atoms with Crippen molar-refractivity contribution in [3.63, 3.8) is 0 Å². The number of benzene rings is 1. The van der Waals surface area contributed by atoms with Gasteiger partial charge in [-0.25, -0.2) is 15.8 Å². The zero-order valence-electron chi connectivity index (χ0n) is 10.9. The summed E-state index contributed by atoms with van der Waals surface area (Å²) in [7, 11) is 0. The number of aromatic nitrogens is 2. The van der Waals surface area contributed by atoms with E-state index in [2.05, 4.69) is 36.6 Å². The number of nitrogens with zero attached hydrogens (tertiary/aromatic N) is 2. The van der Waals surface area contributed by atoms with Gasteiger partial charge in [-0.1, -0.05) is 28.9 Å². The predicted octanol–water partition coefficient (Wildman–Crippen LogP) is 3.14. The highest BCUT2D eigenvalue weighted by Gasteiger charge is 2.05. The summed E-state index contributed by atoms with van der Waals surface area (Å²) < 4.78 is 1.02. The molecule has 0 radical (unpaired) electrons. The second-order valence-corrected chi connectivity index (χ2v) is 5.05. The smallest absolute Gasteiger partial charge is 0.145 e. The average molecular weight is 322 g/mol. The summed E-state index contributed by atoms with van der Waals surface area (Å²) in [6.07, 6.45) is 0.752. The molecule has 0 unspecified atom stereocenters. The van der Waals surface area contributed by atoms with Crippen LogP contribution in [0.5, 0.6) is 0 Å². The van der Waals surface area contributed by atoms with Crippen molar-refractivity contribution in [3.05, 3.63) is 40.1 Å². The summed E-state index contributed by atoms with van der Waals surface area (Å²) in [5, 5.41) is 3.29. The van der Waals surface area contributed by atoms with E-state index in [-0.39, 0.29) is 0 Å². The van der Waals surface area contributed by atoms with Gasteiger partial charge in [0.2, 0.25) is 0 Å². The van der Waals surface area contributed by atoms with Gasteiger partial charge in [-0.15, -0.1) is 0 Å². The van der Waals surface area contributed by atoms with Gasteiger partial charge in [-0.3, -0.25) is 0 Å². The number of nitrogen functional groups attached to an aromatic ring is 1. The molecule has 0 aliphatic carbocycles. The number of nitrogens with two attached hydrogens (primary N) is 1. The molecule has 100 valence electrons. The van der Waals surface area contributed by atoms with Gasteiger partial charge >= 0.3 is 0 Å². The van der Waals surface area contributed by atoms with Crippen LogP contribution in [0.1, 0.15) is 18.3 Å². The van der Waals surface area contributed by atoms with E-state index in [1.807, 2.05) is 32.0 Å².